The number of ether oxygens (including phenoxy) is 1. The number of thiophene rings is 1. The van der Waals surface area contributed by atoms with Crippen LogP contribution in [0.2, 0.25) is 0 Å². The van der Waals surface area contributed by atoms with Crippen LogP contribution in [0.1, 0.15) is 37.0 Å². The van der Waals surface area contributed by atoms with Gasteiger partial charge in [-0.05, 0) is 32.3 Å². The Bertz CT molecular complexity index is 889. The lowest BCUT2D eigenvalue weighted by Gasteiger charge is -2.12. The van der Waals surface area contributed by atoms with Crippen LogP contribution in [0.25, 0.3) is 10.2 Å². The second-order valence-electron chi connectivity index (χ2n) is 6.73. The molecule has 0 saturated carbocycles. The molecule has 1 atom stereocenters. The lowest BCUT2D eigenvalue weighted by atomic mass is 10.2. The molecule has 0 saturated heterocycles. The van der Waals surface area contributed by atoms with Gasteiger partial charge in [-0.25, -0.2) is 4.98 Å². The molecule has 2 aromatic rings. The SMILES string of the molecule is Cc1sc2nc(CS[C@H](C)C(=O)OCC(=O)NCC(C)C)[nH]c(=O)c2c1C. The molecule has 9 heteroatoms. The number of nitrogens with zero attached hydrogens (tertiary/aromatic N) is 1. The molecule has 7 nitrogen and oxygen atoms in total. The standard InChI is InChI=1S/C18H25N3O4S2/c1-9(2)6-19-14(22)7-25-18(24)12(5)26-8-13-20-16(23)15-10(3)11(4)27-17(15)21-13/h9,12H,6-8H2,1-5H3,(H,19,22)(H,20,21,23)/t12-/m1/s1. The Morgan fingerprint density at radius 3 is 2.67 bits per heavy atom. The minimum absolute atomic E-state index is 0.158. The maximum Gasteiger partial charge on any atom is 0.319 e. The molecule has 0 aliphatic rings. The summed E-state index contributed by atoms with van der Waals surface area (Å²) in [6, 6.07) is 0. The first-order chi connectivity index (χ1) is 12.7. The Labute approximate surface area is 166 Å². The first-order valence-electron chi connectivity index (χ1n) is 8.72. The number of esters is 1. The van der Waals surface area contributed by atoms with Crippen LogP contribution < -0.4 is 10.9 Å². The van der Waals surface area contributed by atoms with E-state index < -0.39 is 11.2 Å². The van der Waals surface area contributed by atoms with Crippen molar-refractivity contribution in [2.75, 3.05) is 13.2 Å². The second kappa shape index (κ2) is 9.36. The van der Waals surface area contributed by atoms with Gasteiger partial charge < -0.3 is 15.0 Å². The average Bonchev–Trinajstić information content (AvgIpc) is 2.90. The first-order valence-corrected chi connectivity index (χ1v) is 10.6. The van der Waals surface area contributed by atoms with E-state index in [1.54, 1.807) is 6.92 Å². The molecular formula is C18H25N3O4S2. The van der Waals surface area contributed by atoms with E-state index in [0.29, 0.717) is 34.3 Å². The van der Waals surface area contributed by atoms with Gasteiger partial charge in [-0.2, -0.15) is 0 Å². The number of amides is 1. The summed E-state index contributed by atoms with van der Waals surface area (Å²) >= 11 is 2.79. The van der Waals surface area contributed by atoms with Crippen molar-refractivity contribution in [2.45, 2.75) is 45.6 Å². The topological polar surface area (TPSA) is 101 Å². The van der Waals surface area contributed by atoms with Crippen molar-refractivity contribution < 1.29 is 14.3 Å². The van der Waals surface area contributed by atoms with Crippen molar-refractivity contribution in [3.8, 4) is 0 Å². The molecule has 1 amide bonds. The van der Waals surface area contributed by atoms with Crippen molar-refractivity contribution in [2.24, 2.45) is 5.92 Å². The van der Waals surface area contributed by atoms with Crippen LogP contribution in [0.15, 0.2) is 4.79 Å². The van der Waals surface area contributed by atoms with Crippen LogP contribution in [0.3, 0.4) is 0 Å². The molecule has 0 aliphatic carbocycles. The lowest BCUT2D eigenvalue weighted by molar-refractivity contribution is -0.147. The summed E-state index contributed by atoms with van der Waals surface area (Å²) < 4.78 is 5.04. The highest BCUT2D eigenvalue weighted by atomic mass is 32.2. The quantitative estimate of drug-likeness (QED) is 0.648. The molecule has 0 aromatic carbocycles. The van der Waals surface area contributed by atoms with Gasteiger partial charge in [0.05, 0.1) is 11.1 Å². The Kier molecular flexibility index (Phi) is 7.43. The highest BCUT2D eigenvalue weighted by molar-refractivity contribution is 7.99. The largest absolute Gasteiger partial charge is 0.455 e. The smallest absolute Gasteiger partial charge is 0.319 e. The summed E-state index contributed by atoms with van der Waals surface area (Å²) in [4.78, 5) is 44.9. The van der Waals surface area contributed by atoms with Crippen molar-refractivity contribution in [3.63, 3.8) is 0 Å². The van der Waals surface area contributed by atoms with Crippen LogP contribution in [-0.4, -0.2) is 40.2 Å². The van der Waals surface area contributed by atoms with Crippen LogP contribution in [-0.2, 0) is 20.1 Å². The molecule has 0 aliphatic heterocycles. The molecule has 2 N–H and O–H groups in total. The Morgan fingerprint density at radius 2 is 2.00 bits per heavy atom. The molecule has 0 bridgehead atoms. The summed E-state index contributed by atoms with van der Waals surface area (Å²) in [5.74, 6) is 0.451. The van der Waals surface area contributed by atoms with Crippen molar-refractivity contribution in [1.29, 1.82) is 0 Å². The summed E-state index contributed by atoms with van der Waals surface area (Å²) in [5.41, 5.74) is 0.796. The third kappa shape index (κ3) is 5.80. The minimum atomic E-state index is -0.476. The van der Waals surface area contributed by atoms with E-state index in [0.717, 1.165) is 10.4 Å². The molecule has 2 heterocycles. The van der Waals surface area contributed by atoms with Crippen LogP contribution >= 0.6 is 23.1 Å². The molecule has 2 aromatic heterocycles. The number of hydrogen-bond acceptors (Lipinski definition) is 7. The minimum Gasteiger partial charge on any atom is -0.455 e. The van der Waals surface area contributed by atoms with Gasteiger partial charge in [0, 0.05) is 11.4 Å². The fraction of sp³-hybridized carbons (Fsp3) is 0.556. The lowest BCUT2D eigenvalue weighted by Crippen LogP contribution is -2.32. The van der Waals surface area contributed by atoms with Gasteiger partial charge in [-0.1, -0.05) is 13.8 Å². The van der Waals surface area contributed by atoms with E-state index in [1.807, 2.05) is 27.7 Å². The highest BCUT2D eigenvalue weighted by Gasteiger charge is 2.18. The normalized spacial score (nSPS) is 12.4. The van der Waals surface area contributed by atoms with Crippen molar-refractivity contribution >= 4 is 45.2 Å². The first kappa shape index (κ1) is 21.4. The van der Waals surface area contributed by atoms with E-state index in [4.69, 9.17) is 4.74 Å². The number of aromatic amines is 1. The number of nitrogens with one attached hydrogen (secondary N) is 2. The molecule has 0 radical (unpaired) electrons. The fourth-order valence-electron chi connectivity index (χ4n) is 2.26. The summed E-state index contributed by atoms with van der Waals surface area (Å²) in [7, 11) is 0. The number of thioether (sulfide) groups is 1. The van der Waals surface area contributed by atoms with Crippen LogP contribution in [0.4, 0.5) is 0 Å². The molecule has 2 rings (SSSR count). The number of aromatic nitrogens is 2. The van der Waals surface area contributed by atoms with E-state index >= 15 is 0 Å². The number of fused-ring (bicyclic) bond motifs is 1. The zero-order chi connectivity index (χ0) is 20.1. The second-order valence-corrected chi connectivity index (χ2v) is 9.27. The summed E-state index contributed by atoms with van der Waals surface area (Å²) in [5, 5.41) is 2.85. The van der Waals surface area contributed by atoms with Crippen molar-refractivity contribution in [3.05, 3.63) is 26.6 Å². The number of aryl methyl sites for hydroxylation is 2. The molecule has 27 heavy (non-hydrogen) atoms. The fourth-order valence-corrected chi connectivity index (χ4v) is 4.06. The number of carbonyl (C=O) groups excluding carboxylic acids is 2. The van der Waals surface area contributed by atoms with Gasteiger partial charge in [0.2, 0.25) is 0 Å². The zero-order valence-corrected chi connectivity index (χ0v) is 17.8. The number of H-pyrrole nitrogens is 1. The molecule has 0 fully saturated rings. The molecule has 148 valence electrons. The molecular weight excluding hydrogens is 386 g/mol. The molecule has 0 unspecified atom stereocenters. The van der Waals surface area contributed by atoms with Crippen molar-refractivity contribution in [1.82, 2.24) is 15.3 Å². The predicted octanol–water partition coefficient (Wildman–Crippen LogP) is 2.54. The van der Waals surface area contributed by atoms with Gasteiger partial charge in [0.1, 0.15) is 15.9 Å². The molecule has 0 spiro atoms. The van der Waals surface area contributed by atoms with E-state index in [1.165, 1.54) is 23.1 Å². The average molecular weight is 412 g/mol. The number of hydrogen-bond donors (Lipinski definition) is 2. The van der Waals surface area contributed by atoms with Gasteiger partial charge in [-0.3, -0.25) is 14.4 Å². The van der Waals surface area contributed by atoms with E-state index in [-0.39, 0.29) is 18.1 Å². The summed E-state index contributed by atoms with van der Waals surface area (Å²) in [6.45, 7) is 9.81. The van der Waals surface area contributed by atoms with Gasteiger partial charge in [-0.15, -0.1) is 23.1 Å². The zero-order valence-electron chi connectivity index (χ0n) is 16.2. The summed E-state index contributed by atoms with van der Waals surface area (Å²) in [6.07, 6.45) is 0. The Balaban J connectivity index is 1.88. The van der Waals surface area contributed by atoms with Gasteiger partial charge in [0.15, 0.2) is 6.61 Å². The predicted molar refractivity (Wildman–Crippen MR) is 109 cm³/mol. The monoisotopic (exact) mass is 411 g/mol. The maximum atomic E-state index is 12.3. The third-order valence-corrected chi connectivity index (χ3v) is 6.18. The number of carbonyl (C=O) groups is 2. The van der Waals surface area contributed by atoms with E-state index in [9.17, 15) is 14.4 Å². The third-order valence-electron chi connectivity index (χ3n) is 3.94. The Morgan fingerprint density at radius 1 is 1.30 bits per heavy atom. The number of rotatable bonds is 8. The maximum absolute atomic E-state index is 12.3. The highest BCUT2D eigenvalue weighted by Crippen LogP contribution is 2.26. The van der Waals surface area contributed by atoms with Gasteiger partial charge >= 0.3 is 5.97 Å². The Hall–Kier alpha value is -1.87. The van der Waals surface area contributed by atoms with E-state index in [2.05, 4.69) is 15.3 Å². The van der Waals surface area contributed by atoms with Crippen LogP contribution in [0, 0.1) is 19.8 Å². The van der Waals surface area contributed by atoms with Crippen LogP contribution in [0.5, 0.6) is 0 Å². The van der Waals surface area contributed by atoms with Gasteiger partial charge in [0.25, 0.3) is 11.5 Å².